The van der Waals surface area contributed by atoms with Crippen LogP contribution in [0.2, 0.25) is 13.1 Å². The van der Waals surface area contributed by atoms with Crippen molar-refractivity contribution in [3.8, 4) is 28.7 Å². The first-order valence-corrected chi connectivity index (χ1v) is 22.0. The maximum absolute atomic E-state index is 6.71. The Balaban J connectivity index is 0.00000397. The van der Waals surface area contributed by atoms with Gasteiger partial charge in [-0.3, -0.25) is 4.57 Å². The minimum atomic E-state index is -2.14. The van der Waals surface area contributed by atoms with E-state index in [1.165, 1.54) is 43.8 Å². The van der Waals surface area contributed by atoms with E-state index in [0.717, 1.165) is 33.3 Å². The summed E-state index contributed by atoms with van der Waals surface area (Å²) in [6.45, 7) is 21.2. The van der Waals surface area contributed by atoms with Crippen molar-refractivity contribution in [2.24, 2.45) is 0 Å². The third-order valence-corrected chi connectivity index (χ3v) is 16.4. The molecule has 0 bridgehead atoms. The molecule has 5 aromatic carbocycles. The molecule has 0 radical (unpaired) electrons. The van der Waals surface area contributed by atoms with Gasteiger partial charge in [0, 0.05) is 52.4 Å². The molecule has 7 heteroatoms. The third-order valence-electron chi connectivity index (χ3n) is 12.9. The molecular weight excluding hydrogens is 872 g/mol. The summed E-state index contributed by atoms with van der Waals surface area (Å²) in [6.07, 6.45) is 5.77. The van der Waals surface area contributed by atoms with Gasteiger partial charge in [0.25, 0.3) is 6.33 Å². The standard InChI is InChI=1S/C48H44N4OSi.Pt/c1-46(2,3)30-24-25-49-43(26-30)52-37-16-12-10-14-33(37)34-20-18-31(27-39(34)52)53-32-19-22-41-40(28-32)51-29-50-38-17-13-11-15-35(38)47(4,5)48(6,7)36-21-23-42(54(41,8)9)45(51)44(36)50;/h10-26H,1-9H3;/q-2;. The Morgan fingerprint density at radius 3 is 2.24 bits per heavy atom. The van der Waals surface area contributed by atoms with Gasteiger partial charge < -0.3 is 13.9 Å². The second-order valence-corrected chi connectivity index (χ2v) is 22.1. The van der Waals surface area contributed by atoms with Crippen LogP contribution in [-0.4, -0.2) is 22.2 Å². The molecule has 10 rings (SSSR count). The van der Waals surface area contributed by atoms with Crippen LogP contribution in [-0.2, 0) is 37.3 Å². The summed E-state index contributed by atoms with van der Waals surface area (Å²) >= 11 is 0. The number of para-hydroxylation sites is 2. The van der Waals surface area contributed by atoms with Crippen molar-refractivity contribution >= 4 is 51.3 Å². The van der Waals surface area contributed by atoms with Crippen LogP contribution in [0.4, 0.5) is 0 Å². The molecule has 0 spiro atoms. The van der Waals surface area contributed by atoms with Crippen molar-refractivity contribution in [1.29, 1.82) is 0 Å². The monoisotopic (exact) mass is 915 g/mol. The summed E-state index contributed by atoms with van der Waals surface area (Å²) in [4.78, 5) is 4.86. The Morgan fingerprint density at radius 2 is 1.44 bits per heavy atom. The molecule has 2 aliphatic rings. The molecule has 0 atom stereocenters. The van der Waals surface area contributed by atoms with E-state index in [2.05, 4.69) is 185 Å². The van der Waals surface area contributed by atoms with Gasteiger partial charge in [-0.1, -0.05) is 121 Å². The fourth-order valence-electron chi connectivity index (χ4n) is 9.09. The van der Waals surface area contributed by atoms with Gasteiger partial charge in [0.2, 0.25) is 0 Å². The fourth-order valence-corrected chi connectivity index (χ4v) is 12.0. The molecule has 8 aromatic rings. The Morgan fingerprint density at radius 1 is 0.745 bits per heavy atom. The number of ether oxygens (including phenoxy) is 1. The Bertz CT molecular complexity index is 2890. The number of imidazole rings is 1. The van der Waals surface area contributed by atoms with E-state index in [1.54, 1.807) is 0 Å². The number of pyridine rings is 1. The van der Waals surface area contributed by atoms with E-state index in [0.29, 0.717) is 11.5 Å². The predicted octanol–water partition coefficient (Wildman–Crippen LogP) is 9.59. The van der Waals surface area contributed by atoms with E-state index >= 15 is 0 Å². The normalized spacial score (nSPS) is 16.0. The average molecular weight is 916 g/mol. The number of benzene rings is 5. The van der Waals surface area contributed by atoms with Gasteiger partial charge in [-0.05, 0) is 68.3 Å². The van der Waals surface area contributed by atoms with E-state index in [1.807, 2.05) is 12.3 Å². The van der Waals surface area contributed by atoms with Crippen LogP contribution in [0.5, 0.6) is 11.5 Å². The van der Waals surface area contributed by atoms with Crippen molar-refractivity contribution in [3.05, 3.63) is 138 Å². The second-order valence-electron chi connectivity index (χ2n) is 17.8. The van der Waals surface area contributed by atoms with Gasteiger partial charge >= 0.3 is 0 Å². The molecule has 0 saturated heterocycles. The summed E-state index contributed by atoms with van der Waals surface area (Å²) in [5, 5.41) is 5.02. The summed E-state index contributed by atoms with van der Waals surface area (Å²) in [7, 11) is -2.14. The Labute approximate surface area is 338 Å². The van der Waals surface area contributed by atoms with Gasteiger partial charge in [-0.25, -0.2) is 4.98 Å². The van der Waals surface area contributed by atoms with Crippen molar-refractivity contribution in [2.75, 3.05) is 0 Å². The van der Waals surface area contributed by atoms with Crippen LogP contribution in [0.25, 0.3) is 50.0 Å². The van der Waals surface area contributed by atoms with Gasteiger partial charge in [0.05, 0.1) is 16.7 Å². The van der Waals surface area contributed by atoms with E-state index in [9.17, 15) is 0 Å². The maximum Gasteiger partial charge on any atom is 0.268 e. The third kappa shape index (κ3) is 4.93. The van der Waals surface area contributed by atoms with Gasteiger partial charge in [-0.15, -0.1) is 34.8 Å². The topological polar surface area (TPSA) is 35.9 Å². The number of nitrogens with zero attached hydrogens (tertiary/aromatic N) is 4. The smallest absolute Gasteiger partial charge is 0.268 e. The zero-order valence-corrected chi connectivity index (χ0v) is 36.1. The van der Waals surface area contributed by atoms with Crippen LogP contribution in [0.15, 0.2) is 103 Å². The second kappa shape index (κ2) is 11.9. The van der Waals surface area contributed by atoms with Crippen LogP contribution in [0.1, 0.15) is 65.2 Å². The van der Waals surface area contributed by atoms with E-state index in [4.69, 9.17) is 9.72 Å². The Kier molecular flexibility index (Phi) is 7.74. The minimum absolute atomic E-state index is 0. The molecule has 0 saturated carbocycles. The average Bonchev–Trinajstić information content (AvgIpc) is 3.69. The van der Waals surface area contributed by atoms with Crippen molar-refractivity contribution in [2.45, 2.75) is 77.8 Å². The SMILES string of the molecule is CC(C)(C)c1ccnc(-n2c3[c-]c(Oc4[c-]c5c(cc4)[Si](C)(C)c4ccc6c7c4n-5[c-][n+]7-c4ccccc4C(C)(C)C6(C)C)ccc3c3ccccc32)c1.[Pt]. The summed E-state index contributed by atoms with van der Waals surface area (Å²) < 4.78 is 13.5. The number of hydrogen-bond donors (Lipinski definition) is 0. The molecule has 5 nitrogen and oxygen atoms in total. The molecule has 0 unspecified atom stereocenters. The van der Waals surface area contributed by atoms with E-state index < -0.39 is 8.07 Å². The van der Waals surface area contributed by atoms with Gasteiger partial charge in [-0.2, -0.15) is 12.1 Å². The first kappa shape index (κ1) is 35.9. The molecule has 3 aromatic heterocycles. The Hall–Kier alpha value is -4.77. The van der Waals surface area contributed by atoms with Crippen molar-refractivity contribution in [3.63, 3.8) is 0 Å². The maximum atomic E-state index is 6.71. The van der Waals surface area contributed by atoms with Crippen molar-refractivity contribution < 1.29 is 30.4 Å². The largest absolute Gasteiger partial charge is 0.510 e. The summed E-state index contributed by atoms with van der Waals surface area (Å²) in [5.41, 5.74) is 10.4. The van der Waals surface area contributed by atoms with Gasteiger partial charge in [0.1, 0.15) is 5.82 Å². The molecular formula is C48H44N4OPtSi-2. The van der Waals surface area contributed by atoms with Crippen LogP contribution in [0, 0.1) is 18.5 Å². The van der Waals surface area contributed by atoms with Crippen LogP contribution >= 0.6 is 0 Å². The number of fused-ring (bicyclic) bond motifs is 7. The summed E-state index contributed by atoms with van der Waals surface area (Å²) in [6, 6.07) is 42.4. The molecule has 55 heavy (non-hydrogen) atoms. The molecule has 0 N–H and O–H groups in total. The molecule has 2 aliphatic heterocycles. The predicted molar refractivity (Wildman–Crippen MR) is 221 cm³/mol. The zero-order chi connectivity index (χ0) is 37.5. The summed E-state index contributed by atoms with van der Waals surface area (Å²) in [5.74, 6) is 2.16. The van der Waals surface area contributed by atoms with Crippen LogP contribution < -0.4 is 19.7 Å². The molecule has 5 heterocycles. The zero-order valence-electron chi connectivity index (χ0n) is 32.8. The fraction of sp³-hybridized carbons (Fsp3) is 0.250. The minimum Gasteiger partial charge on any atom is -0.510 e. The molecule has 278 valence electrons. The first-order chi connectivity index (χ1) is 25.7. The van der Waals surface area contributed by atoms with Crippen molar-refractivity contribution in [1.82, 2.24) is 14.1 Å². The number of hydrogen-bond acceptors (Lipinski definition) is 2. The number of rotatable bonds is 3. The molecule has 0 amide bonds. The van der Waals surface area contributed by atoms with E-state index in [-0.39, 0.29) is 37.3 Å². The molecule has 0 aliphatic carbocycles. The van der Waals surface area contributed by atoms with Gasteiger partial charge in [0.15, 0.2) is 0 Å². The quantitative estimate of drug-likeness (QED) is 0.101. The van der Waals surface area contributed by atoms with Crippen LogP contribution in [0.3, 0.4) is 0 Å². The number of aromatic nitrogens is 4. The molecule has 0 fully saturated rings. The first-order valence-electron chi connectivity index (χ1n) is 19.0.